The van der Waals surface area contributed by atoms with Crippen molar-refractivity contribution in [1.29, 1.82) is 0 Å². The second kappa shape index (κ2) is 22.4. The number of allylic oxidation sites excluding steroid dienone is 4. The van der Waals surface area contributed by atoms with Crippen LogP contribution in [0.4, 0.5) is 8.78 Å². The molecule has 0 amide bonds. The van der Waals surface area contributed by atoms with E-state index in [9.17, 15) is 13.6 Å². The molecule has 46 heavy (non-hydrogen) atoms. The minimum atomic E-state index is -3.09. The number of likely N-dealkylation sites (tertiary alicyclic amines) is 1. The van der Waals surface area contributed by atoms with E-state index in [-0.39, 0.29) is 11.8 Å². The third-order valence-corrected chi connectivity index (χ3v) is 9.32. The first-order chi connectivity index (χ1) is 22.2. The number of rotatable bonds is 11. The molecule has 1 heterocycles. The average molecular weight is 666 g/mol. The molecule has 3 aliphatic carbocycles. The Hall–Kier alpha value is -2.24. The fourth-order valence-corrected chi connectivity index (χ4v) is 6.44. The van der Waals surface area contributed by atoms with Gasteiger partial charge in [0.15, 0.2) is 0 Å². The summed E-state index contributed by atoms with van der Waals surface area (Å²) in [7, 11) is 5.14. The Morgan fingerprint density at radius 3 is 2.35 bits per heavy atom. The highest BCUT2D eigenvalue weighted by Gasteiger charge is 2.31. The summed E-state index contributed by atoms with van der Waals surface area (Å²) in [4.78, 5) is 12.5. The first-order valence-electron chi connectivity index (χ1n) is 16.7. The number of carbonyl (C=O) groups excluding carboxylic acids is 1. The summed E-state index contributed by atoms with van der Waals surface area (Å²) in [6.45, 7) is 5.00. The first kappa shape index (κ1) is 39.9. The minimum Gasteiger partial charge on any atom is -0.494 e. The lowest BCUT2D eigenvalue weighted by Gasteiger charge is -2.30. The smallest absolute Gasteiger partial charge is 0.279 e. The normalized spacial score (nSPS) is 23.0. The van der Waals surface area contributed by atoms with Crippen LogP contribution < -0.4 is 15.2 Å². The number of benzene rings is 1. The lowest BCUT2D eigenvalue weighted by atomic mass is 9.81. The van der Waals surface area contributed by atoms with Gasteiger partial charge in [0, 0.05) is 29.9 Å². The van der Waals surface area contributed by atoms with Gasteiger partial charge in [-0.3, -0.25) is 4.72 Å². The highest BCUT2D eigenvalue weighted by molar-refractivity contribution is 7.98. The molecule has 7 nitrogen and oxygen atoms in total. The number of unbranched alkanes of at least 4 members (excludes halogenated alkanes) is 1. The number of carbonyl (C=O) groups is 1. The highest BCUT2D eigenvalue weighted by Crippen LogP contribution is 2.36. The Morgan fingerprint density at radius 1 is 1.09 bits per heavy atom. The molecule has 0 aromatic heterocycles. The van der Waals surface area contributed by atoms with Gasteiger partial charge in [-0.25, -0.2) is 8.78 Å². The van der Waals surface area contributed by atoms with Gasteiger partial charge in [0.1, 0.15) is 17.8 Å². The zero-order valence-corrected chi connectivity index (χ0v) is 29.0. The Labute approximate surface area is 280 Å². The maximum atomic E-state index is 13.3. The van der Waals surface area contributed by atoms with Crippen LogP contribution in [0.1, 0.15) is 76.7 Å². The molecule has 1 aliphatic heterocycles. The molecule has 0 bridgehead atoms. The fourth-order valence-electron chi connectivity index (χ4n) is 5.65. The van der Waals surface area contributed by atoms with Gasteiger partial charge in [0.2, 0.25) is 0 Å². The second-order valence-electron chi connectivity index (χ2n) is 12.1. The van der Waals surface area contributed by atoms with Crippen molar-refractivity contribution in [3.8, 4) is 5.75 Å². The Kier molecular flexibility index (Phi) is 19.4. The molecule has 1 saturated heterocycles. The largest absolute Gasteiger partial charge is 0.494 e. The number of aliphatic hydroxyl groups is 1. The number of nitrogens with two attached hydrogens (primary N) is 1. The van der Waals surface area contributed by atoms with Crippen LogP contribution in [0.3, 0.4) is 0 Å². The van der Waals surface area contributed by atoms with Crippen molar-refractivity contribution in [1.82, 2.24) is 9.62 Å². The Balaban J connectivity index is 0.000000250. The minimum absolute atomic E-state index is 0.160. The van der Waals surface area contributed by atoms with E-state index in [2.05, 4.69) is 47.0 Å². The number of hydrogen-bond donors (Lipinski definition) is 3. The summed E-state index contributed by atoms with van der Waals surface area (Å²) >= 11 is 1.81. The predicted octanol–water partition coefficient (Wildman–Crippen LogP) is 7.02. The molecule has 10 heteroatoms. The number of nitrogens with one attached hydrogen (secondary N) is 1. The monoisotopic (exact) mass is 665 g/mol. The Morgan fingerprint density at radius 2 is 1.76 bits per heavy atom. The highest BCUT2D eigenvalue weighted by atomic mass is 32.2. The second-order valence-corrected chi connectivity index (χ2v) is 13.4. The number of aliphatic hydroxyl groups excluding tert-OH is 1. The lowest BCUT2D eigenvalue weighted by molar-refractivity contribution is -0.115. The van der Waals surface area contributed by atoms with Crippen LogP contribution in [-0.4, -0.2) is 74.6 Å². The van der Waals surface area contributed by atoms with E-state index in [4.69, 9.17) is 20.3 Å². The number of hydrogen-bond acceptors (Lipinski definition) is 8. The van der Waals surface area contributed by atoms with E-state index < -0.39 is 12.3 Å². The third kappa shape index (κ3) is 14.7. The van der Waals surface area contributed by atoms with Gasteiger partial charge in [0.05, 0.1) is 19.1 Å². The molecule has 3 atom stereocenters. The van der Waals surface area contributed by atoms with E-state index in [1.165, 1.54) is 82.3 Å². The molecule has 3 unspecified atom stereocenters. The van der Waals surface area contributed by atoms with Gasteiger partial charge in [-0.1, -0.05) is 43.5 Å². The first-order valence-corrected chi connectivity index (χ1v) is 17.6. The van der Waals surface area contributed by atoms with E-state index in [0.717, 1.165) is 25.7 Å². The summed E-state index contributed by atoms with van der Waals surface area (Å²) in [6.07, 6.45) is 22.1. The van der Waals surface area contributed by atoms with Gasteiger partial charge in [0.25, 0.3) is 5.92 Å². The maximum absolute atomic E-state index is 13.3. The van der Waals surface area contributed by atoms with Crippen molar-refractivity contribution in [2.24, 2.45) is 17.6 Å². The van der Waals surface area contributed by atoms with Gasteiger partial charge >= 0.3 is 0 Å². The molecule has 1 aromatic rings. The van der Waals surface area contributed by atoms with Crippen LogP contribution >= 0.6 is 11.9 Å². The SMILES string of the molecule is CCCCOc1ccc(C(F)(F)CC=O)cc1.CN1CCC(N)CC1.CNSC1C=CC2C=C(OC3CCCC3)C=CC2C1.CO. The van der Waals surface area contributed by atoms with Crippen molar-refractivity contribution in [3.63, 3.8) is 0 Å². The van der Waals surface area contributed by atoms with Crippen LogP contribution in [0.25, 0.3) is 0 Å². The molecule has 1 saturated carbocycles. The molecule has 2 fully saturated rings. The van der Waals surface area contributed by atoms with Crippen LogP contribution in [0.5, 0.6) is 5.75 Å². The molecular formula is C36H57F2N3O4S. The fraction of sp³-hybridized carbons (Fsp3) is 0.639. The summed E-state index contributed by atoms with van der Waals surface area (Å²) in [5.41, 5.74) is 5.51. The van der Waals surface area contributed by atoms with E-state index in [1.807, 2.05) is 25.9 Å². The van der Waals surface area contributed by atoms with Gasteiger partial charge in [-0.2, -0.15) is 0 Å². The quantitative estimate of drug-likeness (QED) is 0.100. The number of nitrogens with zero attached hydrogens (tertiary/aromatic N) is 1. The number of halogens is 2. The number of piperidine rings is 1. The van der Waals surface area contributed by atoms with Crippen LogP contribution in [0.15, 0.2) is 60.4 Å². The summed E-state index contributed by atoms with van der Waals surface area (Å²) in [5, 5.41) is 7.60. The zero-order valence-electron chi connectivity index (χ0n) is 28.2. The van der Waals surface area contributed by atoms with Crippen molar-refractivity contribution in [2.75, 3.05) is 40.9 Å². The van der Waals surface area contributed by atoms with Crippen molar-refractivity contribution < 1.29 is 28.2 Å². The van der Waals surface area contributed by atoms with Gasteiger partial charge < -0.3 is 30.0 Å². The number of fused-ring (bicyclic) bond motifs is 1. The van der Waals surface area contributed by atoms with Gasteiger partial charge in [-0.15, -0.1) is 0 Å². The topological polar surface area (TPSA) is 97.1 Å². The maximum Gasteiger partial charge on any atom is 0.279 e. The van der Waals surface area contributed by atoms with Gasteiger partial charge in [-0.05, 0) is 121 Å². The van der Waals surface area contributed by atoms with Crippen LogP contribution in [0.2, 0.25) is 0 Å². The number of alkyl halides is 2. The number of aldehydes is 1. The third-order valence-electron chi connectivity index (χ3n) is 8.43. The zero-order chi connectivity index (χ0) is 33.8. The Bertz CT molecular complexity index is 1050. The molecule has 0 spiro atoms. The molecular weight excluding hydrogens is 608 g/mol. The molecule has 4 N–H and O–H groups in total. The predicted molar refractivity (Wildman–Crippen MR) is 186 cm³/mol. The van der Waals surface area contributed by atoms with Crippen molar-refractivity contribution in [3.05, 3.63) is 66.0 Å². The standard InChI is InChI=1S/C16H23NOS.C13H16F2O2.C6H14N2.CH4O/c1-17-19-16-9-7-12-10-15(8-6-13(12)11-16)18-14-4-2-3-5-14;1-2-3-10-17-12-6-4-11(5-7-12)13(14,15)8-9-16;1-8-4-2-6(7)3-5-8;1-2/h6-10,12-14,16-17H,2-5,11H2,1H3;4-7,9H,2-3,8,10H2,1H3;6H,2-5,7H2,1H3;2H,1H3. The molecule has 1 aromatic carbocycles. The number of ether oxygens (including phenoxy) is 2. The molecule has 4 aliphatic rings. The lowest BCUT2D eigenvalue weighted by Crippen LogP contribution is -2.37. The summed E-state index contributed by atoms with van der Waals surface area (Å²) < 4.78 is 41.3. The van der Waals surface area contributed by atoms with E-state index >= 15 is 0 Å². The van der Waals surface area contributed by atoms with Crippen molar-refractivity contribution >= 4 is 18.2 Å². The molecule has 5 rings (SSSR count). The average Bonchev–Trinajstić information content (AvgIpc) is 3.58. The summed E-state index contributed by atoms with van der Waals surface area (Å²) in [5.74, 6) is -0.243. The summed E-state index contributed by atoms with van der Waals surface area (Å²) in [6, 6.07) is 6.08. The molecule has 0 radical (unpaired) electrons. The molecule has 260 valence electrons. The van der Waals surface area contributed by atoms with Crippen LogP contribution in [0, 0.1) is 11.8 Å². The van der Waals surface area contributed by atoms with Crippen molar-refractivity contribution in [2.45, 2.75) is 94.5 Å². The van der Waals surface area contributed by atoms with E-state index in [1.54, 1.807) is 0 Å². The van der Waals surface area contributed by atoms with E-state index in [0.29, 0.717) is 41.6 Å². The van der Waals surface area contributed by atoms with Crippen LogP contribution in [-0.2, 0) is 15.5 Å².